The molecular formula is C13H10I2N2O5. The van der Waals surface area contributed by atoms with Crippen LogP contribution in [-0.2, 0) is 9.59 Å². The van der Waals surface area contributed by atoms with Crippen molar-refractivity contribution >= 4 is 69.2 Å². The van der Waals surface area contributed by atoms with Crippen molar-refractivity contribution < 1.29 is 24.2 Å². The molecule has 0 bridgehead atoms. The number of benzene rings is 1. The predicted octanol–water partition coefficient (Wildman–Crippen LogP) is 1.88. The molecule has 1 aliphatic rings. The number of hydrogen-bond acceptors (Lipinski definition) is 4. The fourth-order valence-electron chi connectivity index (χ4n) is 1.72. The van der Waals surface area contributed by atoms with Crippen LogP contribution < -0.4 is 10.1 Å². The van der Waals surface area contributed by atoms with Gasteiger partial charge in [0.05, 0.1) is 7.14 Å². The second-order valence-corrected chi connectivity index (χ2v) is 6.67. The zero-order chi connectivity index (χ0) is 16.4. The highest BCUT2D eigenvalue weighted by Gasteiger charge is 2.30. The zero-order valence-electron chi connectivity index (χ0n) is 11.2. The fraction of sp³-hybridized carbons (Fsp3) is 0.154. The third-order valence-electron chi connectivity index (χ3n) is 2.75. The Labute approximate surface area is 153 Å². The first-order valence-corrected chi connectivity index (χ1v) is 8.09. The van der Waals surface area contributed by atoms with E-state index in [1.165, 1.54) is 7.05 Å². The number of carbonyl (C=O) groups excluding carboxylic acids is 2. The Morgan fingerprint density at radius 3 is 2.41 bits per heavy atom. The van der Waals surface area contributed by atoms with Crippen molar-refractivity contribution in [3.8, 4) is 5.75 Å². The van der Waals surface area contributed by atoms with Crippen molar-refractivity contribution in [2.75, 3.05) is 13.7 Å². The van der Waals surface area contributed by atoms with E-state index in [1.807, 2.05) is 45.2 Å². The van der Waals surface area contributed by atoms with Gasteiger partial charge in [-0.2, -0.15) is 0 Å². The molecule has 1 saturated heterocycles. The largest absolute Gasteiger partial charge is 0.480 e. The van der Waals surface area contributed by atoms with Crippen LogP contribution in [0.1, 0.15) is 5.56 Å². The van der Waals surface area contributed by atoms with Gasteiger partial charge in [-0.3, -0.25) is 9.69 Å². The minimum atomic E-state index is -1.06. The molecule has 1 fully saturated rings. The number of aliphatic carboxylic acids is 1. The van der Waals surface area contributed by atoms with Crippen molar-refractivity contribution in [1.82, 2.24) is 10.2 Å². The standard InChI is InChI=1S/C13H10I2N2O5/c1-17-12(20)9(16-13(17)21)4-6-2-7(14)11(8(15)3-6)22-5-10(18)19/h2-4H,5H2,1H3,(H,16,21)(H,18,19)/b9-4+. The van der Waals surface area contributed by atoms with Gasteiger partial charge in [0.25, 0.3) is 5.91 Å². The number of carboxylic acids is 1. The van der Waals surface area contributed by atoms with Crippen molar-refractivity contribution in [1.29, 1.82) is 0 Å². The van der Waals surface area contributed by atoms with E-state index < -0.39 is 24.5 Å². The Hall–Kier alpha value is -1.37. The van der Waals surface area contributed by atoms with Gasteiger partial charge in [0.1, 0.15) is 11.4 Å². The smallest absolute Gasteiger partial charge is 0.341 e. The number of halogens is 2. The van der Waals surface area contributed by atoms with Crippen LogP contribution >= 0.6 is 45.2 Å². The summed E-state index contributed by atoms with van der Waals surface area (Å²) in [7, 11) is 1.40. The molecule has 1 heterocycles. The number of rotatable bonds is 4. The summed E-state index contributed by atoms with van der Waals surface area (Å²) < 4.78 is 6.65. The van der Waals surface area contributed by atoms with Crippen LogP contribution in [0.2, 0.25) is 0 Å². The number of likely N-dealkylation sites (N-methyl/N-ethyl adjacent to an activating group) is 1. The number of imide groups is 1. The first kappa shape index (κ1) is 17.0. The van der Waals surface area contributed by atoms with Crippen LogP contribution in [0.4, 0.5) is 4.79 Å². The van der Waals surface area contributed by atoms with Crippen LogP contribution in [0.3, 0.4) is 0 Å². The number of hydrogen-bond donors (Lipinski definition) is 2. The van der Waals surface area contributed by atoms with Gasteiger partial charge in [0.15, 0.2) is 6.61 Å². The first-order chi connectivity index (χ1) is 10.3. The van der Waals surface area contributed by atoms with Crippen LogP contribution in [0.5, 0.6) is 5.75 Å². The molecule has 3 amide bonds. The van der Waals surface area contributed by atoms with Gasteiger partial charge < -0.3 is 15.2 Å². The average molecular weight is 528 g/mol. The molecule has 22 heavy (non-hydrogen) atoms. The van der Waals surface area contributed by atoms with Gasteiger partial charge >= 0.3 is 12.0 Å². The fourth-order valence-corrected chi connectivity index (χ4v) is 3.85. The first-order valence-electron chi connectivity index (χ1n) is 5.94. The lowest BCUT2D eigenvalue weighted by molar-refractivity contribution is -0.139. The number of urea groups is 1. The molecule has 9 heteroatoms. The zero-order valence-corrected chi connectivity index (χ0v) is 15.5. The maximum atomic E-state index is 11.8. The van der Waals surface area contributed by atoms with Crippen LogP contribution in [0.25, 0.3) is 6.08 Å². The summed E-state index contributed by atoms with van der Waals surface area (Å²) in [5.74, 6) is -0.981. The van der Waals surface area contributed by atoms with E-state index in [4.69, 9.17) is 9.84 Å². The molecule has 0 aliphatic carbocycles. The summed E-state index contributed by atoms with van der Waals surface area (Å²) in [5.41, 5.74) is 0.897. The van der Waals surface area contributed by atoms with E-state index in [2.05, 4.69) is 5.32 Å². The molecule has 1 aromatic rings. The Kier molecular flexibility index (Phi) is 5.26. The monoisotopic (exact) mass is 528 g/mol. The molecule has 0 saturated carbocycles. The molecule has 7 nitrogen and oxygen atoms in total. The number of nitrogens with one attached hydrogen (secondary N) is 1. The van der Waals surface area contributed by atoms with E-state index in [1.54, 1.807) is 18.2 Å². The Bertz CT molecular complexity index is 679. The van der Waals surface area contributed by atoms with E-state index in [0.717, 1.165) is 4.90 Å². The molecule has 116 valence electrons. The SMILES string of the molecule is CN1C(=O)N/C(=C/c2cc(I)c(OCC(=O)O)c(I)c2)C1=O. The molecule has 0 unspecified atom stereocenters. The molecule has 2 rings (SSSR count). The summed E-state index contributed by atoms with van der Waals surface area (Å²) >= 11 is 4.05. The number of nitrogens with zero attached hydrogens (tertiary/aromatic N) is 1. The van der Waals surface area contributed by atoms with E-state index >= 15 is 0 Å². The van der Waals surface area contributed by atoms with E-state index in [-0.39, 0.29) is 5.70 Å². The third kappa shape index (κ3) is 3.69. The summed E-state index contributed by atoms with van der Waals surface area (Å²) in [5, 5.41) is 11.1. The molecule has 1 aromatic carbocycles. The lowest BCUT2D eigenvalue weighted by atomic mass is 10.2. The average Bonchev–Trinajstić information content (AvgIpc) is 2.65. The van der Waals surface area contributed by atoms with E-state index in [9.17, 15) is 14.4 Å². The Morgan fingerprint density at radius 1 is 1.36 bits per heavy atom. The van der Waals surface area contributed by atoms with Crippen molar-refractivity contribution in [2.24, 2.45) is 0 Å². The topological polar surface area (TPSA) is 95.9 Å². The summed E-state index contributed by atoms with van der Waals surface area (Å²) in [6, 6.07) is 3.01. The van der Waals surface area contributed by atoms with Gasteiger partial charge in [0.2, 0.25) is 0 Å². The lowest BCUT2D eigenvalue weighted by Crippen LogP contribution is -2.25. The third-order valence-corrected chi connectivity index (χ3v) is 4.36. The predicted molar refractivity (Wildman–Crippen MR) is 94.3 cm³/mol. The second kappa shape index (κ2) is 6.81. The molecular weight excluding hydrogens is 518 g/mol. The summed E-state index contributed by atoms with van der Waals surface area (Å²) in [6.45, 7) is -0.425. The van der Waals surface area contributed by atoms with Crippen molar-refractivity contribution in [2.45, 2.75) is 0 Å². The van der Waals surface area contributed by atoms with Gasteiger partial charge in [-0.25, -0.2) is 9.59 Å². The number of carboxylic acid groups (broad SMARTS) is 1. The van der Waals surface area contributed by atoms with E-state index in [0.29, 0.717) is 18.5 Å². The van der Waals surface area contributed by atoms with Crippen molar-refractivity contribution in [3.63, 3.8) is 0 Å². The van der Waals surface area contributed by atoms with Gasteiger partial charge in [0, 0.05) is 7.05 Å². The lowest BCUT2D eigenvalue weighted by Gasteiger charge is -2.09. The maximum Gasteiger partial charge on any atom is 0.341 e. The molecule has 0 radical (unpaired) electrons. The highest BCUT2D eigenvalue weighted by Crippen LogP contribution is 2.30. The Balaban J connectivity index is 2.29. The highest BCUT2D eigenvalue weighted by atomic mass is 127. The highest BCUT2D eigenvalue weighted by molar-refractivity contribution is 14.1. The van der Waals surface area contributed by atoms with Crippen LogP contribution in [-0.4, -0.2) is 41.6 Å². The van der Waals surface area contributed by atoms with Gasteiger partial charge in [-0.05, 0) is 69.0 Å². The van der Waals surface area contributed by atoms with Gasteiger partial charge in [-0.1, -0.05) is 0 Å². The van der Waals surface area contributed by atoms with Crippen molar-refractivity contribution in [3.05, 3.63) is 30.5 Å². The molecule has 0 aromatic heterocycles. The second-order valence-electron chi connectivity index (χ2n) is 4.35. The maximum absolute atomic E-state index is 11.8. The molecule has 0 atom stereocenters. The quantitative estimate of drug-likeness (QED) is 0.354. The minimum absolute atomic E-state index is 0.193. The summed E-state index contributed by atoms with van der Waals surface area (Å²) in [4.78, 5) is 34.8. The summed E-state index contributed by atoms with van der Waals surface area (Å²) in [6.07, 6.45) is 1.56. The Morgan fingerprint density at radius 2 is 1.95 bits per heavy atom. The minimum Gasteiger partial charge on any atom is -0.480 e. The van der Waals surface area contributed by atoms with Gasteiger partial charge in [-0.15, -0.1) is 0 Å². The number of carbonyl (C=O) groups is 3. The number of amides is 3. The van der Waals surface area contributed by atoms with Crippen LogP contribution in [0, 0.1) is 7.14 Å². The number of ether oxygens (including phenoxy) is 1. The molecule has 0 spiro atoms. The van der Waals surface area contributed by atoms with Crippen LogP contribution in [0.15, 0.2) is 17.8 Å². The normalized spacial score (nSPS) is 16.1. The molecule has 1 aliphatic heterocycles. The molecule has 2 N–H and O–H groups in total.